The number of halogens is 2. The minimum absolute atomic E-state index is 0.0413. The van der Waals surface area contributed by atoms with Crippen molar-refractivity contribution in [3.05, 3.63) is 69.9 Å². The molecule has 1 aliphatic rings. The van der Waals surface area contributed by atoms with Gasteiger partial charge in [0.25, 0.3) is 5.91 Å². The predicted molar refractivity (Wildman–Crippen MR) is 95.2 cm³/mol. The van der Waals surface area contributed by atoms with Crippen molar-refractivity contribution in [3.63, 3.8) is 0 Å². The first kappa shape index (κ1) is 16.2. The molecule has 3 nitrogen and oxygen atoms in total. The van der Waals surface area contributed by atoms with E-state index in [0.29, 0.717) is 24.4 Å². The molecule has 6 heteroatoms. The highest BCUT2D eigenvalue weighted by molar-refractivity contribution is 9.10. The number of amides is 1. The van der Waals surface area contributed by atoms with Crippen LogP contribution in [0.3, 0.4) is 0 Å². The average molecular weight is 393 g/mol. The quantitative estimate of drug-likeness (QED) is 0.778. The van der Waals surface area contributed by atoms with E-state index >= 15 is 0 Å². The molecule has 1 amide bonds. The van der Waals surface area contributed by atoms with Crippen molar-refractivity contribution in [2.75, 3.05) is 13.1 Å². The van der Waals surface area contributed by atoms with Crippen LogP contribution in [-0.2, 0) is 5.75 Å². The van der Waals surface area contributed by atoms with Crippen LogP contribution in [-0.4, -0.2) is 29.1 Å². The standard InChI is InChI=1S/C17H14BrFN2OS/c18-14-5-3-13(4-6-14)16(22)21-10-9-20-17(21)23-11-12-1-7-15(19)8-2-12/h1-8H,9-11H2. The maximum absolute atomic E-state index is 12.9. The number of thioether (sulfide) groups is 1. The summed E-state index contributed by atoms with van der Waals surface area (Å²) >= 11 is 4.87. The monoisotopic (exact) mass is 392 g/mol. The number of hydrogen-bond donors (Lipinski definition) is 0. The highest BCUT2D eigenvalue weighted by atomic mass is 79.9. The Kier molecular flexibility index (Phi) is 5.13. The van der Waals surface area contributed by atoms with Gasteiger partial charge in [0.1, 0.15) is 5.82 Å². The predicted octanol–water partition coefficient (Wildman–Crippen LogP) is 4.33. The van der Waals surface area contributed by atoms with Crippen LogP contribution in [0.25, 0.3) is 0 Å². The molecule has 118 valence electrons. The van der Waals surface area contributed by atoms with Crippen molar-refractivity contribution in [3.8, 4) is 0 Å². The molecule has 0 saturated heterocycles. The van der Waals surface area contributed by atoms with Crippen LogP contribution in [0, 0.1) is 5.82 Å². The molecule has 0 fully saturated rings. The molecule has 1 heterocycles. The minimum Gasteiger partial charge on any atom is -0.286 e. The van der Waals surface area contributed by atoms with E-state index in [1.807, 2.05) is 12.1 Å². The van der Waals surface area contributed by atoms with E-state index in [-0.39, 0.29) is 11.7 Å². The molecule has 0 saturated carbocycles. The van der Waals surface area contributed by atoms with Gasteiger partial charge in [-0.05, 0) is 42.0 Å². The van der Waals surface area contributed by atoms with Crippen LogP contribution in [0.4, 0.5) is 4.39 Å². The van der Waals surface area contributed by atoms with Gasteiger partial charge in [0.05, 0.1) is 6.54 Å². The SMILES string of the molecule is O=C(c1ccc(Br)cc1)N1CCN=C1SCc1ccc(F)cc1. The second-order valence-electron chi connectivity index (χ2n) is 5.04. The van der Waals surface area contributed by atoms with E-state index in [9.17, 15) is 9.18 Å². The fourth-order valence-electron chi connectivity index (χ4n) is 2.22. The van der Waals surface area contributed by atoms with E-state index in [2.05, 4.69) is 20.9 Å². The van der Waals surface area contributed by atoms with Gasteiger partial charge in [-0.3, -0.25) is 14.7 Å². The lowest BCUT2D eigenvalue weighted by Gasteiger charge is -2.18. The van der Waals surface area contributed by atoms with E-state index in [1.54, 1.807) is 29.2 Å². The number of carbonyl (C=O) groups is 1. The lowest BCUT2D eigenvalue weighted by atomic mass is 10.2. The highest BCUT2D eigenvalue weighted by Crippen LogP contribution is 2.22. The summed E-state index contributed by atoms with van der Waals surface area (Å²) in [4.78, 5) is 18.7. The summed E-state index contributed by atoms with van der Waals surface area (Å²) in [6.45, 7) is 1.22. The van der Waals surface area contributed by atoms with Crippen molar-refractivity contribution < 1.29 is 9.18 Å². The normalized spacial score (nSPS) is 14.0. The number of amidine groups is 1. The summed E-state index contributed by atoms with van der Waals surface area (Å²) in [6.07, 6.45) is 0. The third-order valence-electron chi connectivity index (χ3n) is 3.42. The van der Waals surface area contributed by atoms with Crippen LogP contribution >= 0.6 is 27.7 Å². The third-order valence-corrected chi connectivity index (χ3v) is 5.03. The van der Waals surface area contributed by atoms with Gasteiger partial charge in [-0.15, -0.1) is 0 Å². The molecule has 0 radical (unpaired) electrons. The molecule has 2 aromatic rings. The zero-order valence-corrected chi connectivity index (χ0v) is 14.6. The summed E-state index contributed by atoms with van der Waals surface area (Å²) < 4.78 is 13.9. The number of carbonyl (C=O) groups excluding carboxylic acids is 1. The zero-order valence-electron chi connectivity index (χ0n) is 12.2. The molecule has 2 aromatic carbocycles. The molecular formula is C17H14BrFN2OS. The number of hydrogen-bond acceptors (Lipinski definition) is 3. The summed E-state index contributed by atoms with van der Waals surface area (Å²) in [5.41, 5.74) is 1.65. The van der Waals surface area contributed by atoms with Crippen molar-refractivity contribution in [2.45, 2.75) is 5.75 Å². The summed E-state index contributed by atoms with van der Waals surface area (Å²) in [5.74, 6) is 0.368. The molecule has 3 rings (SSSR count). The fraction of sp³-hybridized carbons (Fsp3) is 0.176. The first-order chi connectivity index (χ1) is 11.1. The molecule has 23 heavy (non-hydrogen) atoms. The Morgan fingerprint density at radius 3 is 2.57 bits per heavy atom. The lowest BCUT2D eigenvalue weighted by molar-refractivity contribution is 0.0860. The summed E-state index contributed by atoms with van der Waals surface area (Å²) in [6, 6.07) is 13.7. The Bertz CT molecular complexity index is 731. The van der Waals surface area contributed by atoms with Crippen LogP contribution in [0.2, 0.25) is 0 Å². The first-order valence-corrected chi connectivity index (χ1v) is 8.90. The van der Waals surface area contributed by atoms with Crippen molar-refractivity contribution >= 4 is 38.8 Å². The Morgan fingerprint density at radius 1 is 1.17 bits per heavy atom. The Morgan fingerprint density at radius 2 is 1.87 bits per heavy atom. The maximum Gasteiger partial charge on any atom is 0.259 e. The van der Waals surface area contributed by atoms with Crippen LogP contribution in [0.15, 0.2) is 58.0 Å². The second kappa shape index (κ2) is 7.27. The molecule has 0 aliphatic carbocycles. The zero-order chi connectivity index (χ0) is 16.2. The average Bonchev–Trinajstić information content (AvgIpc) is 3.03. The number of benzene rings is 2. The maximum atomic E-state index is 12.9. The van der Waals surface area contributed by atoms with E-state index in [4.69, 9.17) is 0 Å². The first-order valence-electron chi connectivity index (χ1n) is 7.12. The summed E-state index contributed by atoms with van der Waals surface area (Å²) in [5, 5.41) is 0.724. The van der Waals surface area contributed by atoms with Crippen LogP contribution in [0.5, 0.6) is 0 Å². The Hall–Kier alpha value is -1.66. The number of rotatable bonds is 3. The summed E-state index contributed by atoms with van der Waals surface area (Å²) in [7, 11) is 0. The van der Waals surface area contributed by atoms with Gasteiger partial charge in [0.2, 0.25) is 0 Å². The van der Waals surface area contributed by atoms with E-state index < -0.39 is 0 Å². The van der Waals surface area contributed by atoms with Crippen molar-refractivity contribution in [1.82, 2.24) is 4.90 Å². The molecule has 0 atom stereocenters. The van der Waals surface area contributed by atoms with Crippen LogP contribution < -0.4 is 0 Å². The largest absolute Gasteiger partial charge is 0.286 e. The molecule has 0 N–H and O–H groups in total. The van der Waals surface area contributed by atoms with Gasteiger partial charge in [-0.1, -0.05) is 39.8 Å². The second-order valence-corrected chi connectivity index (χ2v) is 6.90. The Balaban J connectivity index is 1.66. The molecule has 0 bridgehead atoms. The number of aliphatic imine (C=N–C) groups is 1. The molecular weight excluding hydrogens is 379 g/mol. The van der Waals surface area contributed by atoms with Crippen LogP contribution in [0.1, 0.15) is 15.9 Å². The highest BCUT2D eigenvalue weighted by Gasteiger charge is 2.25. The third kappa shape index (κ3) is 4.00. The fourth-order valence-corrected chi connectivity index (χ4v) is 3.48. The van der Waals surface area contributed by atoms with Gasteiger partial charge < -0.3 is 0 Å². The van der Waals surface area contributed by atoms with Gasteiger partial charge in [-0.25, -0.2) is 4.39 Å². The minimum atomic E-state index is -0.246. The molecule has 0 aromatic heterocycles. The van der Waals surface area contributed by atoms with Gasteiger partial charge >= 0.3 is 0 Å². The molecule has 0 spiro atoms. The topological polar surface area (TPSA) is 32.7 Å². The van der Waals surface area contributed by atoms with Crippen molar-refractivity contribution in [1.29, 1.82) is 0 Å². The van der Waals surface area contributed by atoms with Gasteiger partial charge in [0.15, 0.2) is 5.17 Å². The van der Waals surface area contributed by atoms with E-state index in [0.717, 1.165) is 15.2 Å². The molecule has 1 aliphatic heterocycles. The lowest BCUT2D eigenvalue weighted by Crippen LogP contribution is -2.32. The smallest absolute Gasteiger partial charge is 0.259 e. The van der Waals surface area contributed by atoms with Crippen molar-refractivity contribution in [2.24, 2.45) is 4.99 Å². The molecule has 0 unspecified atom stereocenters. The van der Waals surface area contributed by atoms with E-state index in [1.165, 1.54) is 23.9 Å². The number of nitrogens with zero attached hydrogens (tertiary/aromatic N) is 2. The van der Waals surface area contributed by atoms with Gasteiger partial charge in [-0.2, -0.15) is 0 Å². The van der Waals surface area contributed by atoms with Gasteiger partial charge in [0, 0.05) is 22.3 Å². The Labute approximate surface area is 146 Å².